The minimum absolute atomic E-state index is 0.164. The van der Waals surface area contributed by atoms with Crippen molar-refractivity contribution in [3.63, 3.8) is 0 Å². The monoisotopic (exact) mass is 255 g/mol. The van der Waals surface area contributed by atoms with Gasteiger partial charge in [-0.2, -0.15) is 0 Å². The van der Waals surface area contributed by atoms with Crippen LogP contribution in [0.4, 0.5) is 5.13 Å². The van der Waals surface area contributed by atoms with Crippen LogP contribution in [-0.4, -0.2) is 47.1 Å². The first-order valence-electron chi connectivity index (χ1n) is 5.72. The molecule has 94 valence electrons. The highest BCUT2D eigenvalue weighted by Gasteiger charge is 2.21. The molecule has 0 aliphatic carbocycles. The van der Waals surface area contributed by atoms with Crippen molar-refractivity contribution in [3.8, 4) is 0 Å². The summed E-state index contributed by atoms with van der Waals surface area (Å²) in [5, 5.41) is 12.9. The second-order valence-corrected chi connectivity index (χ2v) is 5.59. The normalized spacial score (nSPS) is 20.7. The van der Waals surface area contributed by atoms with E-state index in [4.69, 9.17) is 5.11 Å². The number of carboxylic acids is 1. The Morgan fingerprint density at radius 1 is 1.71 bits per heavy atom. The van der Waals surface area contributed by atoms with Gasteiger partial charge in [-0.15, -0.1) is 11.3 Å². The van der Waals surface area contributed by atoms with Gasteiger partial charge in [0.1, 0.15) is 0 Å². The maximum Gasteiger partial charge on any atom is 0.355 e. The predicted molar refractivity (Wildman–Crippen MR) is 68.0 cm³/mol. The Labute approximate surface area is 104 Å². The summed E-state index contributed by atoms with van der Waals surface area (Å²) in [6.45, 7) is 3.76. The molecule has 1 aromatic heterocycles. The average Bonchev–Trinajstić information content (AvgIpc) is 2.82. The number of likely N-dealkylation sites (N-methyl/N-ethyl adjacent to an activating group) is 1. The Balaban J connectivity index is 1.95. The van der Waals surface area contributed by atoms with E-state index in [2.05, 4.69) is 22.2 Å². The van der Waals surface area contributed by atoms with Gasteiger partial charge < -0.3 is 15.3 Å². The second kappa shape index (κ2) is 5.01. The van der Waals surface area contributed by atoms with Gasteiger partial charge >= 0.3 is 5.97 Å². The quantitative estimate of drug-likeness (QED) is 0.856. The Bertz CT molecular complexity index is 419. The van der Waals surface area contributed by atoms with E-state index in [1.807, 2.05) is 0 Å². The van der Waals surface area contributed by atoms with Crippen LogP contribution in [0.5, 0.6) is 0 Å². The number of anilines is 1. The van der Waals surface area contributed by atoms with Gasteiger partial charge in [-0.3, -0.25) is 0 Å². The second-order valence-electron chi connectivity index (χ2n) is 4.39. The zero-order chi connectivity index (χ0) is 12.4. The number of hydrogen-bond acceptors (Lipinski definition) is 5. The van der Waals surface area contributed by atoms with E-state index in [-0.39, 0.29) is 5.69 Å². The van der Waals surface area contributed by atoms with Gasteiger partial charge in [0.25, 0.3) is 0 Å². The maximum atomic E-state index is 10.9. The van der Waals surface area contributed by atoms with E-state index in [9.17, 15) is 4.79 Å². The minimum atomic E-state index is -0.954. The van der Waals surface area contributed by atoms with Gasteiger partial charge in [-0.05, 0) is 33.4 Å². The van der Waals surface area contributed by atoms with Crippen LogP contribution < -0.4 is 5.32 Å². The molecular weight excluding hydrogens is 238 g/mol. The van der Waals surface area contributed by atoms with Gasteiger partial charge in [0.15, 0.2) is 10.8 Å². The molecule has 0 amide bonds. The van der Waals surface area contributed by atoms with Crippen molar-refractivity contribution in [3.05, 3.63) is 10.6 Å². The van der Waals surface area contributed by atoms with E-state index in [0.717, 1.165) is 18.0 Å². The lowest BCUT2D eigenvalue weighted by atomic mass is 10.2. The smallest absolute Gasteiger partial charge is 0.355 e. The van der Waals surface area contributed by atoms with Crippen molar-refractivity contribution in [1.29, 1.82) is 0 Å². The summed E-state index contributed by atoms with van der Waals surface area (Å²) in [4.78, 5) is 18.0. The lowest BCUT2D eigenvalue weighted by Gasteiger charge is -2.19. The molecule has 0 spiro atoms. The van der Waals surface area contributed by atoms with Gasteiger partial charge in [-0.1, -0.05) is 0 Å². The van der Waals surface area contributed by atoms with Crippen LogP contribution in [0.2, 0.25) is 0 Å². The number of aromatic carboxylic acids is 1. The molecule has 1 fully saturated rings. The molecule has 2 rings (SSSR count). The van der Waals surface area contributed by atoms with Gasteiger partial charge in [0, 0.05) is 17.5 Å². The van der Waals surface area contributed by atoms with Gasteiger partial charge in [0.05, 0.1) is 0 Å². The lowest BCUT2D eigenvalue weighted by molar-refractivity contribution is 0.0690. The number of aryl methyl sites for hydroxylation is 1. The molecule has 1 unspecified atom stereocenters. The highest BCUT2D eigenvalue weighted by molar-refractivity contribution is 7.15. The number of aromatic nitrogens is 1. The van der Waals surface area contributed by atoms with Crippen molar-refractivity contribution in [2.24, 2.45) is 0 Å². The predicted octanol–water partition coefficient (Wildman–Crippen LogP) is 1.66. The van der Waals surface area contributed by atoms with Crippen LogP contribution in [0.1, 0.15) is 28.2 Å². The third-order valence-electron chi connectivity index (χ3n) is 3.16. The summed E-state index contributed by atoms with van der Waals surface area (Å²) in [7, 11) is 2.12. The number of carboxylic acid groups (broad SMARTS) is 1. The molecule has 1 atom stereocenters. The van der Waals surface area contributed by atoms with Crippen molar-refractivity contribution >= 4 is 22.4 Å². The number of hydrogen-bond donors (Lipinski definition) is 2. The first-order valence-corrected chi connectivity index (χ1v) is 6.54. The number of likely N-dealkylation sites (tertiary alicyclic amines) is 1. The molecule has 0 radical (unpaired) electrons. The molecule has 1 aliphatic heterocycles. The molecule has 17 heavy (non-hydrogen) atoms. The summed E-state index contributed by atoms with van der Waals surface area (Å²) in [5.74, 6) is -0.954. The molecule has 1 aromatic rings. The summed E-state index contributed by atoms with van der Waals surface area (Å²) < 4.78 is 0. The first kappa shape index (κ1) is 12.3. The average molecular weight is 255 g/mol. The lowest BCUT2D eigenvalue weighted by Crippen LogP contribution is -2.31. The number of carbonyl (C=O) groups is 1. The molecular formula is C11H17N3O2S. The molecule has 0 bridgehead atoms. The van der Waals surface area contributed by atoms with E-state index < -0.39 is 5.97 Å². The van der Waals surface area contributed by atoms with Crippen LogP contribution >= 0.6 is 11.3 Å². The first-order chi connectivity index (χ1) is 8.08. The zero-order valence-corrected chi connectivity index (χ0v) is 10.9. The fourth-order valence-corrected chi connectivity index (χ4v) is 2.92. The van der Waals surface area contributed by atoms with Gasteiger partial charge in [0.2, 0.25) is 0 Å². The fourth-order valence-electron chi connectivity index (χ4n) is 2.11. The molecule has 1 saturated heterocycles. The van der Waals surface area contributed by atoms with Crippen molar-refractivity contribution in [1.82, 2.24) is 9.88 Å². The van der Waals surface area contributed by atoms with E-state index in [1.54, 1.807) is 6.92 Å². The molecule has 5 nitrogen and oxygen atoms in total. The summed E-state index contributed by atoms with van der Waals surface area (Å²) >= 11 is 1.41. The summed E-state index contributed by atoms with van der Waals surface area (Å²) in [5.41, 5.74) is 0.164. The molecule has 0 aromatic carbocycles. The zero-order valence-electron chi connectivity index (χ0n) is 10.1. The Kier molecular flexibility index (Phi) is 3.63. The number of nitrogens with one attached hydrogen (secondary N) is 1. The number of nitrogens with zero attached hydrogens (tertiary/aromatic N) is 2. The van der Waals surface area contributed by atoms with Crippen LogP contribution in [0, 0.1) is 6.92 Å². The van der Waals surface area contributed by atoms with E-state index in [1.165, 1.54) is 24.2 Å². The molecule has 6 heteroatoms. The molecule has 2 N–H and O–H groups in total. The Hall–Kier alpha value is -1.14. The maximum absolute atomic E-state index is 10.9. The van der Waals surface area contributed by atoms with Gasteiger partial charge in [-0.25, -0.2) is 9.78 Å². The molecule has 0 saturated carbocycles. The van der Waals surface area contributed by atoms with Crippen molar-refractivity contribution in [2.45, 2.75) is 25.8 Å². The number of thiazole rings is 1. The third kappa shape index (κ3) is 2.76. The number of rotatable bonds is 4. The van der Waals surface area contributed by atoms with Crippen LogP contribution in [0.3, 0.4) is 0 Å². The van der Waals surface area contributed by atoms with Crippen LogP contribution in [-0.2, 0) is 0 Å². The Morgan fingerprint density at radius 3 is 3.00 bits per heavy atom. The topological polar surface area (TPSA) is 65.5 Å². The minimum Gasteiger partial charge on any atom is -0.476 e. The standard InChI is InChI=1S/C11H17N3O2S/c1-7-9(10(15)16)13-11(17-7)12-6-8-4-3-5-14(8)2/h8H,3-6H2,1-2H3,(H,12,13)(H,15,16). The largest absolute Gasteiger partial charge is 0.476 e. The van der Waals surface area contributed by atoms with Crippen molar-refractivity contribution in [2.75, 3.05) is 25.5 Å². The van der Waals surface area contributed by atoms with Crippen LogP contribution in [0.25, 0.3) is 0 Å². The molecule has 2 heterocycles. The SMILES string of the molecule is Cc1sc(NCC2CCCN2C)nc1C(=O)O. The van der Waals surface area contributed by atoms with Crippen molar-refractivity contribution < 1.29 is 9.90 Å². The third-order valence-corrected chi connectivity index (χ3v) is 4.09. The Morgan fingerprint density at radius 2 is 2.47 bits per heavy atom. The summed E-state index contributed by atoms with van der Waals surface area (Å²) in [6.07, 6.45) is 2.43. The van der Waals surface area contributed by atoms with Crippen LogP contribution in [0.15, 0.2) is 0 Å². The highest BCUT2D eigenvalue weighted by atomic mass is 32.1. The highest BCUT2D eigenvalue weighted by Crippen LogP contribution is 2.23. The fraction of sp³-hybridized carbons (Fsp3) is 0.636. The molecule has 1 aliphatic rings. The van der Waals surface area contributed by atoms with E-state index >= 15 is 0 Å². The van der Waals surface area contributed by atoms with E-state index in [0.29, 0.717) is 11.2 Å². The summed E-state index contributed by atoms with van der Waals surface area (Å²) in [6, 6.07) is 0.535.